The number of rotatable bonds is 7. The van der Waals surface area contributed by atoms with Crippen molar-refractivity contribution in [3.05, 3.63) is 68.7 Å². The molecule has 4 nitrogen and oxygen atoms in total. The molecule has 1 fully saturated rings. The standard InChI is InChI=1S/C24H27Cl3N2O2/c1-16(24(31)28-20-8-3-2-4-9-20)29(15-18-7-5-6-10-21(18)26)23(30)13-17-11-12-19(25)14-22(17)27/h5-7,10-12,14,16,20H,2-4,8-9,13,15H2,1H3,(H,28,31). The molecular formula is C24H27Cl3N2O2. The predicted octanol–water partition coefficient (Wildman–Crippen LogP) is 6.06. The van der Waals surface area contributed by atoms with Gasteiger partial charge in [0, 0.05) is 27.7 Å². The van der Waals surface area contributed by atoms with Crippen LogP contribution in [0, 0.1) is 0 Å². The normalized spacial score (nSPS) is 15.4. The van der Waals surface area contributed by atoms with Gasteiger partial charge in [0.1, 0.15) is 6.04 Å². The van der Waals surface area contributed by atoms with Crippen LogP contribution in [0.4, 0.5) is 0 Å². The van der Waals surface area contributed by atoms with E-state index in [0.717, 1.165) is 31.2 Å². The molecule has 2 amide bonds. The maximum absolute atomic E-state index is 13.3. The fourth-order valence-corrected chi connectivity index (χ4v) is 4.56. The molecule has 1 aliphatic rings. The van der Waals surface area contributed by atoms with Crippen molar-refractivity contribution in [3.8, 4) is 0 Å². The fourth-order valence-electron chi connectivity index (χ4n) is 3.89. The zero-order valence-corrected chi connectivity index (χ0v) is 19.8. The van der Waals surface area contributed by atoms with Crippen LogP contribution >= 0.6 is 34.8 Å². The van der Waals surface area contributed by atoms with Crippen molar-refractivity contribution in [2.24, 2.45) is 0 Å². The number of halogens is 3. The Morgan fingerprint density at radius 1 is 1.00 bits per heavy atom. The van der Waals surface area contributed by atoms with Crippen LogP contribution in [0.25, 0.3) is 0 Å². The van der Waals surface area contributed by atoms with E-state index in [9.17, 15) is 9.59 Å². The Hall–Kier alpha value is -1.75. The van der Waals surface area contributed by atoms with Crippen LogP contribution < -0.4 is 5.32 Å². The molecule has 3 rings (SSSR count). The topological polar surface area (TPSA) is 49.4 Å². The van der Waals surface area contributed by atoms with Gasteiger partial charge in [-0.2, -0.15) is 0 Å². The number of amides is 2. The highest BCUT2D eigenvalue weighted by molar-refractivity contribution is 6.35. The van der Waals surface area contributed by atoms with Crippen LogP contribution in [-0.2, 0) is 22.6 Å². The molecule has 1 atom stereocenters. The molecule has 2 aromatic rings. The zero-order valence-electron chi connectivity index (χ0n) is 17.5. The predicted molar refractivity (Wildman–Crippen MR) is 127 cm³/mol. The highest BCUT2D eigenvalue weighted by atomic mass is 35.5. The maximum Gasteiger partial charge on any atom is 0.242 e. The molecule has 1 unspecified atom stereocenters. The average Bonchev–Trinajstić information content (AvgIpc) is 2.75. The Kier molecular flexibility index (Phi) is 8.65. The van der Waals surface area contributed by atoms with E-state index in [1.807, 2.05) is 18.2 Å². The molecule has 7 heteroatoms. The van der Waals surface area contributed by atoms with E-state index in [2.05, 4.69) is 5.32 Å². The molecule has 1 N–H and O–H groups in total. The third kappa shape index (κ3) is 6.61. The summed E-state index contributed by atoms with van der Waals surface area (Å²) in [4.78, 5) is 27.9. The summed E-state index contributed by atoms with van der Waals surface area (Å²) < 4.78 is 0. The number of benzene rings is 2. The summed E-state index contributed by atoms with van der Waals surface area (Å²) in [5.41, 5.74) is 1.46. The van der Waals surface area contributed by atoms with Gasteiger partial charge in [-0.15, -0.1) is 0 Å². The summed E-state index contributed by atoms with van der Waals surface area (Å²) in [5, 5.41) is 4.62. The van der Waals surface area contributed by atoms with Crippen molar-refractivity contribution in [1.82, 2.24) is 10.2 Å². The third-order valence-electron chi connectivity index (χ3n) is 5.77. The Morgan fingerprint density at radius 3 is 2.39 bits per heavy atom. The van der Waals surface area contributed by atoms with Crippen LogP contribution in [0.2, 0.25) is 15.1 Å². The molecule has 0 aliphatic heterocycles. The van der Waals surface area contributed by atoms with E-state index in [1.165, 1.54) is 6.42 Å². The molecule has 0 spiro atoms. The SMILES string of the molecule is CC(C(=O)NC1CCCCC1)N(Cc1ccccc1Cl)C(=O)Cc1ccc(Cl)cc1Cl. The van der Waals surface area contributed by atoms with Gasteiger partial charge in [0.2, 0.25) is 11.8 Å². The van der Waals surface area contributed by atoms with Crippen molar-refractivity contribution < 1.29 is 9.59 Å². The van der Waals surface area contributed by atoms with Gasteiger partial charge >= 0.3 is 0 Å². The maximum atomic E-state index is 13.3. The minimum Gasteiger partial charge on any atom is -0.352 e. The zero-order chi connectivity index (χ0) is 22.4. The Morgan fingerprint density at radius 2 is 1.71 bits per heavy atom. The van der Waals surface area contributed by atoms with E-state index >= 15 is 0 Å². The number of nitrogens with zero attached hydrogens (tertiary/aromatic N) is 1. The lowest BCUT2D eigenvalue weighted by atomic mass is 9.95. The van der Waals surface area contributed by atoms with Crippen molar-refractivity contribution in [2.75, 3.05) is 0 Å². The lowest BCUT2D eigenvalue weighted by Gasteiger charge is -2.31. The first-order valence-corrected chi connectivity index (χ1v) is 11.8. The molecule has 166 valence electrons. The van der Waals surface area contributed by atoms with Crippen molar-refractivity contribution in [2.45, 2.75) is 64.1 Å². The van der Waals surface area contributed by atoms with E-state index in [-0.39, 0.29) is 30.8 Å². The number of carbonyl (C=O) groups is 2. The second-order valence-electron chi connectivity index (χ2n) is 8.05. The number of hydrogen-bond donors (Lipinski definition) is 1. The van der Waals surface area contributed by atoms with Gasteiger partial charge in [-0.05, 0) is 49.1 Å². The van der Waals surface area contributed by atoms with E-state index in [1.54, 1.807) is 36.1 Å². The Balaban J connectivity index is 1.79. The molecule has 0 aromatic heterocycles. The quantitative estimate of drug-likeness (QED) is 0.523. The van der Waals surface area contributed by atoms with Crippen LogP contribution in [0.5, 0.6) is 0 Å². The van der Waals surface area contributed by atoms with Crippen LogP contribution in [0.1, 0.15) is 50.2 Å². The molecule has 0 radical (unpaired) electrons. The number of nitrogens with one attached hydrogen (secondary N) is 1. The molecule has 1 aliphatic carbocycles. The van der Waals surface area contributed by atoms with Gasteiger partial charge in [0.05, 0.1) is 6.42 Å². The minimum absolute atomic E-state index is 0.0709. The summed E-state index contributed by atoms with van der Waals surface area (Å²) in [6.45, 7) is 2.00. The first-order chi connectivity index (χ1) is 14.8. The third-order valence-corrected chi connectivity index (χ3v) is 6.73. The number of carbonyl (C=O) groups excluding carboxylic acids is 2. The summed E-state index contributed by atoms with van der Waals surface area (Å²) in [6, 6.07) is 11.9. The first kappa shape index (κ1) is 23.9. The Bertz CT molecular complexity index is 929. The van der Waals surface area contributed by atoms with Crippen LogP contribution in [-0.4, -0.2) is 28.8 Å². The molecular weight excluding hydrogens is 455 g/mol. The van der Waals surface area contributed by atoms with Crippen molar-refractivity contribution in [1.29, 1.82) is 0 Å². The summed E-state index contributed by atoms with van der Waals surface area (Å²) >= 11 is 18.6. The fraction of sp³-hybridized carbons (Fsp3) is 0.417. The smallest absolute Gasteiger partial charge is 0.242 e. The van der Waals surface area contributed by atoms with Gasteiger partial charge in [-0.1, -0.05) is 78.3 Å². The average molecular weight is 482 g/mol. The second-order valence-corrected chi connectivity index (χ2v) is 9.30. The molecule has 31 heavy (non-hydrogen) atoms. The molecule has 1 saturated carbocycles. The van der Waals surface area contributed by atoms with E-state index in [4.69, 9.17) is 34.8 Å². The molecule has 0 bridgehead atoms. The second kappa shape index (κ2) is 11.2. The van der Waals surface area contributed by atoms with Gasteiger partial charge < -0.3 is 10.2 Å². The highest BCUT2D eigenvalue weighted by Gasteiger charge is 2.29. The first-order valence-electron chi connectivity index (χ1n) is 10.6. The van der Waals surface area contributed by atoms with Gasteiger partial charge in [0.15, 0.2) is 0 Å². The molecule has 0 heterocycles. The minimum atomic E-state index is -0.642. The summed E-state index contributed by atoms with van der Waals surface area (Å²) in [6.07, 6.45) is 5.49. The lowest BCUT2D eigenvalue weighted by Crippen LogP contribution is -2.50. The Labute approximate surface area is 198 Å². The lowest BCUT2D eigenvalue weighted by molar-refractivity contribution is -0.140. The highest BCUT2D eigenvalue weighted by Crippen LogP contribution is 2.24. The van der Waals surface area contributed by atoms with E-state index in [0.29, 0.717) is 20.6 Å². The monoisotopic (exact) mass is 480 g/mol. The van der Waals surface area contributed by atoms with Crippen molar-refractivity contribution in [3.63, 3.8) is 0 Å². The summed E-state index contributed by atoms with van der Waals surface area (Å²) in [7, 11) is 0. The van der Waals surface area contributed by atoms with Crippen molar-refractivity contribution >= 4 is 46.6 Å². The van der Waals surface area contributed by atoms with E-state index < -0.39 is 6.04 Å². The van der Waals surface area contributed by atoms with Gasteiger partial charge in [-0.25, -0.2) is 0 Å². The largest absolute Gasteiger partial charge is 0.352 e. The number of hydrogen-bond acceptors (Lipinski definition) is 2. The van der Waals surface area contributed by atoms with Gasteiger partial charge in [-0.3, -0.25) is 9.59 Å². The van der Waals surface area contributed by atoms with Crippen LogP contribution in [0.3, 0.4) is 0 Å². The summed E-state index contributed by atoms with van der Waals surface area (Å²) in [5.74, 6) is -0.343. The molecule has 0 saturated heterocycles. The van der Waals surface area contributed by atoms with Gasteiger partial charge in [0.25, 0.3) is 0 Å². The van der Waals surface area contributed by atoms with Crippen LogP contribution in [0.15, 0.2) is 42.5 Å². The molecule has 2 aromatic carbocycles.